The molecule has 0 radical (unpaired) electrons. The molecule has 7 nitrogen and oxygen atoms in total. The van der Waals surface area contributed by atoms with Gasteiger partial charge in [0.1, 0.15) is 22.2 Å². The number of para-hydroxylation sites is 1. The van der Waals surface area contributed by atoms with Gasteiger partial charge in [-0.2, -0.15) is 5.10 Å². The van der Waals surface area contributed by atoms with Crippen LogP contribution in [0, 0.1) is 28.6 Å². The molecule has 2 aromatic heterocycles. The number of aromatic hydroxyl groups is 2. The summed E-state index contributed by atoms with van der Waals surface area (Å²) < 4.78 is 1.12. The van der Waals surface area contributed by atoms with Crippen LogP contribution >= 0.6 is 11.3 Å². The van der Waals surface area contributed by atoms with E-state index < -0.39 is 0 Å². The van der Waals surface area contributed by atoms with E-state index in [1.165, 1.54) is 32.1 Å². The molecular weight excluding hydrogens is 603 g/mol. The number of fused-ring (bicyclic) bond motifs is 5. The van der Waals surface area contributed by atoms with Crippen LogP contribution in [-0.2, 0) is 13.1 Å². The minimum absolute atomic E-state index is 0.138. The Balaban J connectivity index is 1.23. The van der Waals surface area contributed by atoms with Crippen molar-refractivity contribution in [3.8, 4) is 33.3 Å². The predicted octanol–water partition coefficient (Wildman–Crippen LogP) is 8.87. The number of benzene rings is 2. The average molecular weight is 654 g/mol. The zero-order valence-electron chi connectivity index (χ0n) is 29.2. The summed E-state index contributed by atoms with van der Waals surface area (Å²) in [4.78, 5) is 10.1. The van der Waals surface area contributed by atoms with Gasteiger partial charge >= 0.3 is 0 Å². The Morgan fingerprint density at radius 3 is 2.11 bits per heavy atom. The van der Waals surface area contributed by atoms with E-state index in [2.05, 4.69) is 62.5 Å². The van der Waals surface area contributed by atoms with Crippen LogP contribution in [-0.4, -0.2) is 60.4 Å². The summed E-state index contributed by atoms with van der Waals surface area (Å²) in [7, 11) is 0. The van der Waals surface area contributed by atoms with E-state index in [1.54, 1.807) is 11.3 Å². The van der Waals surface area contributed by atoms with Gasteiger partial charge in [0.25, 0.3) is 0 Å². The number of hydrogen-bond acceptors (Lipinski definition) is 7. The number of H-pyrrole nitrogens is 1. The number of phenols is 2. The maximum Gasteiger partial charge on any atom is 0.133 e. The van der Waals surface area contributed by atoms with Crippen LogP contribution in [0.4, 0.5) is 0 Å². The number of nitrogens with one attached hydrogen (secondary N) is 1. The minimum atomic E-state index is 0.138. The molecule has 2 aliphatic heterocycles. The van der Waals surface area contributed by atoms with Crippen molar-refractivity contribution < 1.29 is 10.2 Å². The molecule has 2 aliphatic carbocycles. The third-order valence-electron chi connectivity index (χ3n) is 11.9. The van der Waals surface area contributed by atoms with Crippen molar-refractivity contribution >= 4 is 21.6 Å². The first kappa shape index (κ1) is 31.3. The van der Waals surface area contributed by atoms with Crippen molar-refractivity contribution in [2.45, 2.75) is 112 Å². The highest BCUT2D eigenvalue weighted by Gasteiger charge is 2.51. The van der Waals surface area contributed by atoms with Crippen LogP contribution in [0.2, 0.25) is 0 Å². The highest BCUT2D eigenvalue weighted by atomic mass is 32.1. The normalized spacial score (nSPS) is 30.0. The smallest absolute Gasteiger partial charge is 0.133 e. The molecule has 0 spiro atoms. The number of aromatic nitrogens is 3. The Labute approximate surface area is 283 Å². The van der Waals surface area contributed by atoms with Gasteiger partial charge in [-0.25, -0.2) is 4.98 Å². The highest BCUT2D eigenvalue weighted by molar-refractivity contribution is 7.21. The van der Waals surface area contributed by atoms with Gasteiger partial charge in [-0.15, -0.1) is 11.3 Å². The van der Waals surface area contributed by atoms with Crippen molar-refractivity contribution in [1.29, 1.82) is 0 Å². The topological polar surface area (TPSA) is 88.5 Å². The van der Waals surface area contributed by atoms with Gasteiger partial charge in [-0.05, 0) is 85.3 Å². The third kappa shape index (κ3) is 5.48. The van der Waals surface area contributed by atoms with Crippen molar-refractivity contribution in [2.24, 2.45) is 21.7 Å². The van der Waals surface area contributed by atoms with E-state index in [-0.39, 0.29) is 16.9 Å². The van der Waals surface area contributed by atoms with Gasteiger partial charge in [0, 0.05) is 55.1 Å². The van der Waals surface area contributed by atoms with Crippen LogP contribution in [0.3, 0.4) is 0 Å². The molecule has 8 rings (SSSR count). The molecule has 0 amide bonds. The molecule has 3 N–H and O–H groups in total. The Morgan fingerprint density at radius 1 is 0.851 bits per heavy atom. The summed E-state index contributed by atoms with van der Waals surface area (Å²) in [6.45, 7) is 19.7. The Bertz CT molecular complexity index is 1840. The lowest BCUT2D eigenvalue weighted by Crippen LogP contribution is -2.34. The minimum Gasteiger partial charge on any atom is -0.507 e. The first-order valence-electron chi connectivity index (χ1n) is 17.6. The summed E-state index contributed by atoms with van der Waals surface area (Å²) in [5.41, 5.74) is 6.84. The molecule has 4 aromatic rings. The number of phenolic OH excluding ortho intramolecular Hbond substituents is 2. The standard InChI is InChI=1S/C39H51N5O2S/c1-23-31(35-40-29-10-8-9-11-30(29)47-35)32(42-41-23)27-12-24(17-43-21-38(6)15-25(43)13-36(2,3)19-38)33(45)28(34(27)46)18-44-22-39(7)16-26(44)14-37(4,5)20-39/h8-12,25-26,45-46H,13-22H2,1-7H3,(H,41,42)/t25-,26-,38+,39+/m0/s1. The Kier molecular flexibility index (Phi) is 7.02. The Morgan fingerprint density at radius 2 is 1.47 bits per heavy atom. The number of hydrogen-bond donors (Lipinski definition) is 3. The summed E-state index contributed by atoms with van der Waals surface area (Å²) >= 11 is 1.65. The van der Waals surface area contributed by atoms with Crippen molar-refractivity contribution in [1.82, 2.24) is 25.0 Å². The van der Waals surface area contributed by atoms with Gasteiger partial charge < -0.3 is 10.2 Å². The number of likely N-dealkylation sites (tertiary alicyclic amines) is 2. The molecule has 0 unspecified atom stereocenters. The molecule has 4 atom stereocenters. The fourth-order valence-electron chi connectivity index (χ4n) is 11.0. The van der Waals surface area contributed by atoms with Gasteiger partial charge in [0.05, 0.1) is 21.3 Å². The van der Waals surface area contributed by atoms with Gasteiger partial charge in [0.15, 0.2) is 0 Å². The van der Waals surface area contributed by atoms with Crippen LogP contribution in [0.5, 0.6) is 11.5 Å². The van der Waals surface area contributed by atoms with E-state index in [0.29, 0.717) is 58.2 Å². The zero-order valence-corrected chi connectivity index (χ0v) is 30.0. The quantitative estimate of drug-likeness (QED) is 0.193. The second-order valence-corrected chi connectivity index (χ2v) is 19.1. The number of aromatic amines is 1. The van der Waals surface area contributed by atoms with Crippen LogP contribution < -0.4 is 0 Å². The molecule has 8 heteroatoms. The van der Waals surface area contributed by atoms with Gasteiger partial charge in [-0.3, -0.25) is 14.9 Å². The molecule has 47 heavy (non-hydrogen) atoms. The lowest BCUT2D eigenvalue weighted by atomic mass is 9.65. The zero-order chi connectivity index (χ0) is 33.1. The monoisotopic (exact) mass is 653 g/mol. The van der Waals surface area contributed by atoms with Crippen molar-refractivity contribution in [2.75, 3.05) is 13.1 Å². The first-order valence-corrected chi connectivity index (χ1v) is 18.4. The summed E-state index contributed by atoms with van der Waals surface area (Å²) in [6.07, 6.45) is 7.13. The first-order chi connectivity index (χ1) is 22.1. The van der Waals surface area contributed by atoms with Crippen molar-refractivity contribution in [3.05, 3.63) is 47.2 Å². The van der Waals surface area contributed by atoms with E-state index in [4.69, 9.17) is 10.1 Å². The largest absolute Gasteiger partial charge is 0.507 e. The lowest BCUT2D eigenvalue weighted by molar-refractivity contribution is 0.126. The molecule has 4 heterocycles. The van der Waals surface area contributed by atoms with Crippen LogP contribution in [0.25, 0.3) is 32.0 Å². The number of aryl methyl sites for hydroxylation is 1. The van der Waals surface area contributed by atoms with E-state index in [1.807, 2.05) is 31.2 Å². The van der Waals surface area contributed by atoms with E-state index in [9.17, 15) is 10.2 Å². The Hall–Kier alpha value is -2.94. The molecule has 4 fully saturated rings. The SMILES string of the molecule is Cc1[nH]nc(-c2cc(CN3C[C@]4(C)C[C@@H]3CC(C)(C)C4)c(O)c(CN3C[C@]4(C)C[C@@H]3CC(C)(C)C4)c2O)c1-c1nc2ccccc2s1. The van der Waals surface area contributed by atoms with Crippen LogP contribution in [0.15, 0.2) is 30.3 Å². The number of rotatable bonds is 6. The second kappa shape index (κ2) is 10.5. The second-order valence-electron chi connectivity index (χ2n) is 18.1. The molecule has 2 aromatic carbocycles. The maximum atomic E-state index is 12.2. The van der Waals surface area contributed by atoms with Crippen molar-refractivity contribution in [3.63, 3.8) is 0 Å². The third-order valence-corrected chi connectivity index (χ3v) is 13.0. The summed E-state index contributed by atoms with van der Waals surface area (Å²) in [5.74, 6) is 0.385. The highest BCUT2D eigenvalue weighted by Crippen LogP contribution is 2.55. The van der Waals surface area contributed by atoms with Gasteiger partial charge in [-0.1, -0.05) is 53.7 Å². The molecule has 2 saturated heterocycles. The predicted molar refractivity (Wildman–Crippen MR) is 191 cm³/mol. The fraction of sp³-hybridized carbons (Fsp3) is 0.590. The lowest BCUT2D eigenvalue weighted by Gasteiger charge is -2.40. The molecule has 4 bridgehead atoms. The molecule has 250 valence electrons. The average Bonchev–Trinajstić information content (AvgIpc) is 3.67. The van der Waals surface area contributed by atoms with E-state index in [0.717, 1.165) is 51.6 Å². The summed E-state index contributed by atoms with van der Waals surface area (Å²) in [6, 6.07) is 11.2. The van der Waals surface area contributed by atoms with Crippen LogP contribution in [0.1, 0.15) is 96.9 Å². The maximum absolute atomic E-state index is 12.2. The summed E-state index contributed by atoms with van der Waals surface area (Å²) in [5, 5.41) is 33.2. The fourth-order valence-corrected chi connectivity index (χ4v) is 12.1. The molecule has 2 saturated carbocycles. The van der Waals surface area contributed by atoms with E-state index >= 15 is 0 Å². The number of nitrogens with zero attached hydrogens (tertiary/aromatic N) is 4. The number of thiazole rings is 1. The molecule has 4 aliphatic rings. The molecular formula is C39H51N5O2S. The van der Waals surface area contributed by atoms with Gasteiger partial charge in [0.2, 0.25) is 0 Å².